The summed E-state index contributed by atoms with van der Waals surface area (Å²) in [4.78, 5) is 30.2. The maximum atomic E-state index is 13.1. The Morgan fingerprint density at radius 1 is 1.26 bits per heavy atom. The van der Waals surface area contributed by atoms with Crippen LogP contribution < -0.4 is 10.5 Å². The number of hydrogen-bond acceptors (Lipinski definition) is 5. The number of rotatable bonds is 5. The molecule has 0 radical (unpaired) electrons. The third-order valence-corrected chi connectivity index (χ3v) is 5.21. The van der Waals surface area contributed by atoms with E-state index in [1.165, 1.54) is 17.0 Å². The first-order chi connectivity index (χ1) is 13.0. The summed E-state index contributed by atoms with van der Waals surface area (Å²) in [5.41, 5.74) is 6.76. The second-order valence-electron chi connectivity index (χ2n) is 5.91. The molecule has 1 saturated heterocycles. The van der Waals surface area contributed by atoms with E-state index in [9.17, 15) is 14.0 Å². The molecule has 1 aliphatic rings. The molecule has 6 nitrogen and oxygen atoms in total. The minimum atomic E-state index is -0.668. The number of primary amides is 1. The highest BCUT2D eigenvalue weighted by atomic mass is 32.2. The van der Waals surface area contributed by atoms with Crippen LogP contribution in [0, 0.1) is 5.82 Å². The number of nitrogens with zero attached hydrogens (tertiary/aromatic N) is 2. The minimum absolute atomic E-state index is 0.00280. The van der Waals surface area contributed by atoms with E-state index in [0.717, 1.165) is 17.3 Å². The van der Waals surface area contributed by atoms with Crippen molar-refractivity contribution in [3.05, 3.63) is 59.9 Å². The Balaban J connectivity index is 1.91. The summed E-state index contributed by atoms with van der Waals surface area (Å²) in [6, 6.07) is 12.9. The first-order valence-corrected chi connectivity index (χ1v) is 9.08. The van der Waals surface area contributed by atoms with E-state index in [0.29, 0.717) is 16.6 Å². The SMILES string of the molecule is COc1ccc(N=C2SC(C(N)=O)CC(=O)N2Cc2ccc(F)cc2)cc1. The Morgan fingerprint density at radius 3 is 2.52 bits per heavy atom. The lowest BCUT2D eigenvalue weighted by Crippen LogP contribution is -2.45. The molecule has 3 rings (SSSR count). The first kappa shape index (κ1) is 18.9. The van der Waals surface area contributed by atoms with Crippen molar-refractivity contribution in [3.8, 4) is 5.75 Å². The Morgan fingerprint density at radius 2 is 1.93 bits per heavy atom. The quantitative estimate of drug-likeness (QED) is 0.855. The molecule has 0 bridgehead atoms. The van der Waals surface area contributed by atoms with Crippen molar-refractivity contribution in [1.82, 2.24) is 4.90 Å². The summed E-state index contributed by atoms with van der Waals surface area (Å²) < 4.78 is 18.3. The largest absolute Gasteiger partial charge is 0.497 e. The van der Waals surface area contributed by atoms with Gasteiger partial charge in [0.15, 0.2) is 5.17 Å². The third kappa shape index (κ3) is 4.65. The van der Waals surface area contributed by atoms with Gasteiger partial charge in [0.05, 0.1) is 24.6 Å². The smallest absolute Gasteiger partial charge is 0.231 e. The minimum Gasteiger partial charge on any atom is -0.497 e. The highest BCUT2D eigenvalue weighted by molar-refractivity contribution is 8.15. The van der Waals surface area contributed by atoms with Crippen LogP contribution in [-0.2, 0) is 16.1 Å². The first-order valence-electron chi connectivity index (χ1n) is 8.20. The van der Waals surface area contributed by atoms with E-state index in [2.05, 4.69) is 4.99 Å². The average molecular weight is 387 g/mol. The summed E-state index contributed by atoms with van der Waals surface area (Å²) in [6.07, 6.45) is 0.00280. The van der Waals surface area contributed by atoms with Gasteiger partial charge in [-0.05, 0) is 42.0 Å². The topological polar surface area (TPSA) is 85.0 Å². The summed E-state index contributed by atoms with van der Waals surface area (Å²) in [6.45, 7) is 0.229. The highest BCUT2D eigenvalue weighted by Gasteiger charge is 2.34. The van der Waals surface area contributed by atoms with Crippen molar-refractivity contribution >= 4 is 34.4 Å². The Bertz CT molecular complexity index is 869. The second-order valence-corrected chi connectivity index (χ2v) is 7.08. The molecular formula is C19H18FN3O3S. The summed E-state index contributed by atoms with van der Waals surface area (Å²) in [5, 5.41) is -0.288. The van der Waals surface area contributed by atoms with Crippen LogP contribution in [0.1, 0.15) is 12.0 Å². The third-order valence-electron chi connectivity index (χ3n) is 4.01. The molecule has 1 aliphatic heterocycles. The van der Waals surface area contributed by atoms with Crippen LogP contribution in [-0.4, -0.2) is 34.2 Å². The van der Waals surface area contributed by atoms with E-state index < -0.39 is 11.2 Å². The summed E-state index contributed by atoms with van der Waals surface area (Å²) in [7, 11) is 1.57. The predicted octanol–water partition coefficient (Wildman–Crippen LogP) is 2.84. The molecule has 2 amide bonds. The van der Waals surface area contributed by atoms with Gasteiger partial charge in [-0.2, -0.15) is 0 Å². The second kappa shape index (κ2) is 8.22. The molecule has 8 heteroatoms. The van der Waals surface area contributed by atoms with Crippen molar-refractivity contribution < 1.29 is 18.7 Å². The van der Waals surface area contributed by atoms with Crippen molar-refractivity contribution in [1.29, 1.82) is 0 Å². The number of hydrogen-bond donors (Lipinski definition) is 1. The number of nitrogens with two attached hydrogens (primary N) is 1. The Kier molecular flexibility index (Phi) is 5.75. The van der Waals surface area contributed by atoms with Crippen LogP contribution in [0.25, 0.3) is 0 Å². The van der Waals surface area contributed by atoms with Crippen LogP contribution in [0.3, 0.4) is 0 Å². The molecule has 1 heterocycles. The van der Waals surface area contributed by atoms with Crippen LogP contribution in [0.4, 0.5) is 10.1 Å². The van der Waals surface area contributed by atoms with Crippen molar-refractivity contribution in [2.75, 3.05) is 7.11 Å². The van der Waals surface area contributed by atoms with E-state index in [1.807, 2.05) is 0 Å². The molecule has 2 N–H and O–H groups in total. The standard InChI is InChI=1S/C19H18FN3O3S/c1-26-15-8-6-14(7-9-15)22-19-23(11-12-2-4-13(20)5-3-12)17(24)10-16(27-19)18(21)25/h2-9,16H,10-11H2,1H3,(H2,21,25). The lowest BCUT2D eigenvalue weighted by atomic mass is 10.2. The molecule has 0 spiro atoms. The highest BCUT2D eigenvalue weighted by Crippen LogP contribution is 2.30. The normalized spacial score (nSPS) is 18.6. The Hall–Kier alpha value is -2.87. The van der Waals surface area contributed by atoms with Gasteiger partial charge in [0.1, 0.15) is 11.6 Å². The molecule has 2 aromatic carbocycles. The zero-order chi connectivity index (χ0) is 19.4. The number of carbonyl (C=O) groups excluding carboxylic acids is 2. The van der Waals surface area contributed by atoms with Gasteiger partial charge in [-0.25, -0.2) is 9.38 Å². The molecule has 1 atom stereocenters. The van der Waals surface area contributed by atoms with E-state index in [4.69, 9.17) is 10.5 Å². The van der Waals surface area contributed by atoms with Gasteiger partial charge in [-0.1, -0.05) is 23.9 Å². The van der Waals surface area contributed by atoms with Crippen molar-refractivity contribution in [3.63, 3.8) is 0 Å². The maximum Gasteiger partial charge on any atom is 0.231 e. The number of thioether (sulfide) groups is 1. The van der Waals surface area contributed by atoms with E-state index in [1.54, 1.807) is 43.5 Å². The van der Waals surface area contributed by atoms with Crippen LogP contribution in [0.2, 0.25) is 0 Å². The zero-order valence-corrected chi connectivity index (χ0v) is 15.4. The van der Waals surface area contributed by atoms with Gasteiger partial charge in [0.25, 0.3) is 0 Å². The lowest BCUT2D eigenvalue weighted by molar-refractivity contribution is -0.130. The van der Waals surface area contributed by atoms with Crippen LogP contribution in [0.15, 0.2) is 53.5 Å². The van der Waals surface area contributed by atoms with Crippen LogP contribution >= 0.6 is 11.8 Å². The number of amidine groups is 1. The molecule has 2 aromatic rings. The van der Waals surface area contributed by atoms with E-state index >= 15 is 0 Å². The monoisotopic (exact) mass is 387 g/mol. The molecule has 0 aliphatic carbocycles. The molecule has 1 unspecified atom stereocenters. The molecule has 0 aromatic heterocycles. The number of benzene rings is 2. The van der Waals surface area contributed by atoms with Gasteiger partial charge in [0, 0.05) is 6.42 Å². The number of ether oxygens (including phenoxy) is 1. The van der Waals surface area contributed by atoms with Gasteiger partial charge >= 0.3 is 0 Å². The zero-order valence-electron chi connectivity index (χ0n) is 14.6. The van der Waals surface area contributed by atoms with Crippen molar-refractivity contribution in [2.45, 2.75) is 18.2 Å². The number of halogens is 1. The molecular weight excluding hydrogens is 369 g/mol. The Labute approximate surface area is 160 Å². The van der Waals surface area contributed by atoms with Crippen molar-refractivity contribution in [2.24, 2.45) is 10.7 Å². The molecule has 0 saturated carbocycles. The van der Waals surface area contributed by atoms with Crippen LogP contribution in [0.5, 0.6) is 5.75 Å². The summed E-state index contributed by atoms with van der Waals surface area (Å²) >= 11 is 1.15. The fraction of sp³-hybridized carbons (Fsp3) is 0.211. The van der Waals surface area contributed by atoms with Gasteiger partial charge in [0.2, 0.25) is 11.8 Å². The number of carbonyl (C=O) groups is 2. The fourth-order valence-electron chi connectivity index (χ4n) is 2.55. The number of aliphatic imine (C=N–C) groups is 1. The lowest BCUT2D eigenvalue weighted by Gasteiger charge is -2.31. The predicted molar refractivity (Wildman–Crippen MR) is 102 cm³/mol. The molecule has 27 heavy (non-hydrogen) atoms. The summed E-state index contributed by atoms with van der Waals surface area (Å²) in [5.74, 6) is -0.477. The number of amides is 2. The average Bonchev–Trinajstić information content (AvgIpc) is 2.66. The molecule has 140 valence electrons. The molecule has 1 fully saturated rings. The fourth-order valence-corrected chi connectivity index (χ4v) is 3.60. The van der Waals surface area contributed by atoms with Gasteiger partial charge in [-0.3, -0.25) is 14.5 Å². The number of methoxy groups -OCH3 is 1. The van der Waals surface area contributed by atoms with E-state index in [-0.39, 0.29) is 24.7 Å². The van der Waals surface area contributed by atoms with Gasteiger partial charge < -0.3 is 10.5 Å². The maximum absolute atomic E-state index is 13.1. The van der Waals surface area contributed by atoms with Gasteiger partial charge in [-0.15, -0.1) is 0 Å².